The van der Waals surface area contributed by atoms with Crippen molar-refractivity contribution in [3.63, 3.8) is 0 Å². The molecule has 1 unspecified atom stereocenters. The van der Waals surface area contributed by atoms with Crippen molar-refractivity contribution in [2.45, 2.75) is 32.9 Å². The van der Waals surface area contributed by atoms with Crippen LogP contribution in [0.15, 0.2) is 60.7 Å². The summed E-state index contributed by atoms with van der Waals surface area (Å²) in [6.45, 7) is 5.93. The summed E-state index contributed by atoms with van der Waals surface area (Å²) in [4.78, 5) is 26.8. The quantitative estimate of drug-likeness (QED) is 0.711. The number of carbonyl (C=O) groups is 2. The number of carbonyl (C=O) groups excluding carboxylic acids is 2. The van der Waals surface area contributed by atoms with Crippen LogP contribution in [-0.2, 0) is 16.9 Å². The Balaban J connectivity index is 1.55. The predicted octanol–water partition coefficient (Wildman–Crippen LogP) is 3.46. The van der Waals surface area contributed by atoms with Crippen LogP contribution in [0.2, 0.25) is 0 Å². The minimum Gasteiger partial charge on any atom is -0.319 e. The molecule has 1 atom stereocenters. The van der Waals surface area contributed by atoms with Crippen LogP contribution < -0.4 is 5.32 Å². The van der Waals surface area contributed by atoms with E-state index in [1.807, 2.05) is 79.2 Å². The Morgan fingerprint density at radius 2 is 1.68 bits per heavy atom. The standard InChI is InChI=1S/C22H22N4O2/c1-15-13-16(2)26(24-15)19-11-9-17(10-12-19)14-25-20(27)22(3,23-21(25)28)18-7-5-4-6-8-18/h4-13H,14H2,1-3H3,(H,23,28). The van der Waals surface area contributed by atoms with Crippen molar-refractivity contribution in [1.29, 1.82) is 0 Å². The van der Waals surface area contributed by atoms with Gasteiger partial charge in [-0.2, -0.15) is 5.10 Å². The first-order valence-electron chi connectivity index (χ1n) is 9.21. The summed E-state index contributed by atoms with van der Waals surface area (Å²) in [6.07, 6.45) is 0. The Bertz CT molecular complexity index is 1040. The minimum absolute atomic E-state index is 0.227. The molecule has 0 radical (unpaired) electrons. The molecule has 0 aliphatic carbocycles. The zero-order valence-electron chi connectivity index (χ0n) is 16.1. The highest BCUT2D eigenvalue weighted by atomic mass is 16.2. The van der Waals surface area contributed by atoms with Crippen LogP contribution >= 0.6 is 0 Å². The number of hydrogen-bond acceptors (Lipinski definition) is 3. The van der Waals surface area contributed by atoms with Gasteiger partial charge in [-0.1, -0.05) is 42.5 Å². The number of hydrogen-bond donors (Lipinski definition) is 1. The summed E-state index contributed by atoms with van der Waals surface area (Å²) >= 11 is 0. The summed E-state index contributed by atoms with van der Waals surface area (Å²) in [6, 6.07) is 18.7. The Morgan fingerprint density at radius 1 is 1.00 bits per heavy atom. The van der Waals surface area contributed by atoms with Gasteiger partial charge in [0.15, 0.2) is 0 Å². The maximum atomic E-state index is 13.0. The van der Waals surface area contributed by atoms with Crippen molar-refractivity contribution in [3.05, 3.63) is 83.2 Å². The molecule has 6 heteroatoms. The van der Waals surface area contributed by atoms with Crippen LogP contribution in [0.3, 0.4) is 0 Å². The zero-order valence-corrected chi connectivity index (χ0v) is 16.1. The lowest BCUT2D eigenvalue weighted by Crippen LogP contribution is -2.40. The van der Waals surface area contributed by atoms with Crippen molar-refractivity contribution in [2.75, 3.05) is 0 Å². The zero-order chi connectivity index (χ0) is 19.9. The van der Waals surface area contributed by atoms with Gasteiger partial charge in [0, 0.05) is 5.69 Å². The van der Waals surface area contributed by atoms with Crippen LogP contribution in [-0.4, -0.2) is 26.6 Å². The maximum absolute atomic E-state index is 13.0. The Kier molecular flexibility index (Phi) is 4.26. The molecule has 1 aliphatic heterocycles. The number of rotatable bonds is 4. The highest BCUT2D eigenvalue weighted by Gasteiger charge is 2.48. The van der Waals surface area contributed by atoms with Gasteiger partial charge in [0.05, 0.1) is 17.9 Å². The third kappa shape index (κ3) is 2.97. The molecule has 1 aliphatic rings. The molecule has 6 nitrogen and oxygen atoms in total. The second-order valence-corrected chi connectivity index (χ2v) is 7.32. The summed E-state index contributed by atoms with van der Waals surface area (Å²) < 4.78 is 1.87. The largest absolute Gasteiger partial charge is 0.325 e. The van der Waals surface area contributed by atoms with Crippen LogP contribution in [0.4, 0.5) is 4.79 Å². The lowest BCUT2D eigenvalue weighted by molar-refractivity contribution is -0.131. The van der Waals surface area contributed by atoms with Gasteiger partial charge in [0.1, 0.15) is 5.54 Å². The highest BCUT2D eigenvalue weighted by Crippen LogP contribution is 2.29. The average molecular weight is 374 g/mol. The van der Waals surface area contributed by atoms with Crippen molar-refractivity contribution in [2.24, 2.45) is 0 Å². The number of aromatic nitrogens is 2. The van der Waals surface area contributed by atoms with Crippen LogP contribution in [0.1, 0.15) is 29.4 Å². The van der Waals surface area contributed by atoms with E-state index in [9.17, 15) is 9.59 Å². The smallest absolute Gasteiger partial charge is 0.319 e. The van der Waals surface area contributed by atoms with Gasteiger partial charge in [-0.15, -0.1) is 0 Å². The van der Waals surface area contributed by atoms with Gasteiger partial charge < -0.3 is 5.32 Å². The van der Waals surface area contributed by atoms with E-state index in [0.29, 0.717) is 0 Å². The molecule has 1 saturated heterocycles. The van der Waals surface area contributed by atoms with Crippen LogP contribution in [0, 0.1) is 13.8 Å². The lowest BCUT2D eigenvalue weighted by atomic mass is 9.92. The van der Waals surface area contributed by atoms with E-state index >= 15 is 0 Å². The number of nitrogens with one attached hydrogen (secondary N) is 1. The number of imide groups is 1. The topological polar surface area (TPSA) is 67.2 Å². The second-order valence-electron chi connectivity index (χ2n) is 7.32. The maximum Gasteiger partial charge on any atom is 0.325 e. The molecule has 0 spiro atoms. The van der Waals surface area contributed by atoms with E-state index in [1.165, 1.54) is 4.90 Å². The van der Waals surface area contributed by atoms with E-state index in [1.54, 1.807) is 6.92 Å². The van der Waals surface area contributed by atoms with Gasteiger partial charge in [-0.05, 0) is 50.1 Å². The van der Waals surface area contributed by atoms with Crippen molar-refractivity contribution < 1.29 is 9.59 Å². The molecule has 2 heterocycles. The number of amides is 3. The highest BCUT2D eigenvalue weighted by molar-refractivity contribution is 6.07. The molecule has 142 valence electrons. The molecule has 1 fully saturated rings. The number of urea groups is 1. The molecular weight excluding hydrogens is 352 g/mol. The number of benzene rings is 2. The first-order chi connectivity index (χ1) is 13.4. The molecule has 0 bridgehead atoms. The molecule has 1 N–H and O–H groups in total. The Labute approximate surface area is 163 Å². The van der Waals surface area contributed by atoms with E-state index in [-0.39, 0.29) is 18.5 Å². The van der Waals surface area contributed by atoms with Gasteiger partial charge in [0.2, 0.25) is 0 Å². The number of nitrogens with zero attached hydrogens (tertiary/aromatic N) is 3. The molecule has 3 amide bonds. The SMILES string of the molecule is Cc1cc(C)n(-c2ccc(CN3C(=O)NC(C)(c4ccccc4)C3=O)cc2)n1. The van der Waals surface area contributed by atoms with Gasteiger partial charge in [-0.3, -0.25) is 9.69 Å². The van der Waals surface area contributed by atoms with Crippen molar-refractivity contribution in [3.8, 4) is 5.69 Å². The minimum atomic E-state index is -1.04. The Hall–Kier alpha value is -3.41. The first-order valence-corrected chi connectivity index (χ1v) is 9.21. The summed E-state index contributed by atoms with van der Waals surface area (Å²) in [7, 11) is 0. The van der Waals surface area contributed by atoms with Crippen LogP contribution in [0.25, 0.3) is 5.69 Å². The van der Waals surface area contributed by atoms with Crippen molar-refractivity contribution in [1.82, 2.24) is 20.0 Å². The van der Waals surface area contributed by atoms with Gasteiger partial charge in [-0.25, -0.2) is 9.48 Å². The molecule has 28 heavy (non-hydrogen) atoms. The normalized spacial score (nSPS) is 19.2. The van der Waals surface area contributed by atoms with Crippen molar-refractivity contribution >= 4 is 11.9 Å². The fourth-order valence-electron chi connectivity index (χ4n) is 3.62. The van der Waals surface area contributed by atoms with Crippen LogP contribution in [0.5, 0.6) is 0 Å². The third-order valence-corrected chi connectivity index (χ3v) is 5.16. The average Bonchev–Trinajstić information content (AvgIpc) is 3.14. The summed E-state index contributed by atoms with van der Waals surface area (Å²) in [5.41, 5.74) is 3.57. The number of aryl methyl sites for hydroxylation is 2. The summed E-state index contributed by atoms with van der Waals surface area (Å²) in [5.74, 6) is -0.244. The fraction of sp³-hybridized carbons (Fsp3) is 0.227. The van der Waals surface area contributed by atoms with Gasteiger partial charge in [0.25, 0.3) is 5.91 Å². The molecule has 3 aromatic rings. The molecule has 1 aromatic heterocycles. The first kappa shape index (κ1) is 18.0. The monoisotopic (exact) mass is 374 g/mol. The van der Waals surface area contributed by atoms with E-state index in [2.05, 4.69) is 10.4 Å². The Morgan fingerprint density at radius 3 is 2.29 bits per heavy atom. The molecule has 2 aromatic carbocycles. The predicted molar refractivity (Wildman–Crippen MR) is 106 cm³/mol. The molecular formula is C22H22N4O2. The summed E-state index contributed by atoms with van der Waals surface area (Å²) in [5, 5.41) is 7.32. The van der Waals surface area contributed by atoms with E-state index in [4.69, 9.17) is 0 Å². The second kappa shape index (κ2) is 6.64. The third-order valence-electron chi connectivity index (χ3n) is 5.16. The fourth-order valence-corrected chi connectivity index (χ4v) is 3.62. The lowest BCUT2D eigenvalue weighted by Gasteiger charge is -2.22. The molecule has 0 saturated carbocycles. The van der Waals surface area contributed by atoms with E-state index in [0.717, 1.165) is 28.2 Å². The molecule has 4 rings (SSSR count). The van der Waals surface area contributed by atoms with E-state index < -0.39 is 5.54 Å². The van der Waals surface area contributed by atoms with Gasteiger partial charge >= 0.3 is 6.03 Å².